The van der Waals surface area contributed by atoms with Gasteiger partial charge in [-0.3, -0.25) is 20.2 Å². The lowest BCUT2D eigenvalue weighted by atomic mass is 9.87. The van der Waals surface area contributed by atoms with Crippen molar-refractivity contribution in [2.45, 2.75) is 57.5 Å². The number of hydrogen-bond acceptors (Lipinski definition) is 20. The van der Waals surface area contributed by atoms with Gasteiger partial charge in [-0.2, -0.15) is 0 Å². The van der Waals surface area contributed by atoms with Crippen molar-refractivity contribution < 1.29 is 86.6 Å². The summed E-state index contributed by atoms with van der Waals surface area (Å²) in [5.74, 6) is -1.54. The normalized spacial score (nSPS) is 19.4. The van der Waals surface area contributed by atoms with Crippen LogP contribution in [0.2, 0.25) is 0 Å². The van der Waals surface area contributed by atoms with Crippen LogP contribution in [-0.2, 0) is 53.0 Å². The van der Waals surface area contributed by atoms with Crippen LogP contribution in [0.1, 0.15) is 44.3 Å². The van der Waals surface area contributed by atoms with Crippen molar-refractivity contribution in [1.82, 2.24) is 0 Å². The highest BCUT2D eigenvalue weighted by Gasteiger charge is 2.53. The molecule has 0 aliphatic carbocycles. The maximum absolute atomic E-state index is 13.9. The summed E-state index contributed by atoms with van der Waals surface area (Å²) in [5.41, 5.74) is -0.954. The zero-order valence-corrected chi connectivity index (χ0v) is 33.5. The summed E-state index contributed by atoms with van der Waals surface area (Å²) in [6, 6.07) is 9.98. The van der Waals surface area contributed by atoms with Crippen LogP contribution in [0.5, 0.6) is 17.2 Å². The Bertz CT molecular complexity index is 2560. The van der Waals surface area contributed by atoms with Crippen molar-refractivity contribution in [2.24, 2.45) is 0 Å². The topological polar surface area (TPSA) is 287 Å². The number of aliphatic hydroxyl groups excluding tert-OH is 2. The Morgan fingerprint density at radius 3 is 2.00 bits per heavy atom. The van der Waals surface area contributed by atoms with Gasteiger partial charge < -0.3 is 57.6 Å². The lowest BCUT2D eigenvalue weighted by molar-refractivity contribution is -0.394. The summed E-state index contributed by atoms with van der Waals surface area (Å²) in [6.45, 7) is 6.04. The number of nitro groups is 2. The summed E-state index contributed by atoms with van der Waals surface area (Å²) in [4.78, 5) is 75.3. The predicted octanol–water partition coefficient (Wildman–Crippen LogP) is 5.47. The molecule has 0 radical (unpaired) electrons. The molecule has 1 saturated heterocycles. The zero-order valence-electron chi connectivity index (χ0n) is 33.5. The molecule has 0 amide bonds. The van der Waals surface area contributed by atoms with E-state index in [1.165, 1.54) is 31.2 Å². The number of benzene rings is 4. The number of nitrogens with zero attached hydrogens (tertiary/aromatic N) is 2. The van der Waals surface area contributed by atoms with Crippen LogP contribution in [0.25, 0.3) is 21.9 Å². The first-order valence-corrected chi connectivity index (χ1v) is 19.1. The second-order valence-electron chi connectivity index (χ2n) is 14.0. The van der Waals surface area contributed by atoms with Gasteiger partial charge in [0.25, 0.3) is 11.4 Å². The molecule has 4 aromatic carbocycles. The predicted molar refractivity (Wildman–Crippen MR) is 213 cm³/mol. The van der Waals surface area contributed by atoms with Crippen LogP contribution < -0.4 is 14.2 Å². The van der Waals surface area contributed by atoms with E-state index in [-0.39, 0.29) is 60.0 Å². The molecule has 3 aliphatic heterocycles. The van der Waals surface area contributed by atoms with Gasteiger partial charge in [0.15, 0.2) is 23.7 Å². The van der Waals surface area contributed by atoms with E-state index in [0.29, 0.717) is 46.2 Å². The largest absolute Gasteiger partial charge is 0.509 e. The molecule has 334 valence electrons. The van der Waals surface area contributed by atoms with Crippen LogP contribution in [0.15, 0.2) is 73.8 Å². The third-order valence-corrected chi connectivity index (χ3v) is 10.1. The Balaban J connectivity index is 1.40. The van der Waals surface area contributed by atoms with Gasteiger partial charge in [0.1, 0.15) is 31.7 Å². The third-order valence-electron chi connectivity index (χ3n) is 10.1. The van der Waals surface area contributed by atoms with Crippen molar-refractivity contribution in [3.8, 4) is 28.4 Å². The molecule has 22 nitrogen and oxygen atoms in total. The fourth-order valence-corrected chi connectivity index (χ4v) is 7.27. The van der Waals surface area contributed by atoms with E-state index in [9.17, 15) is 49.6 Å². The smallest absolute Gasteiger partial charge is 0.460 e. The Kier molecular flexibility index (Phi) is 12.9. The quantitative estimate of drug-likeness (QED) is 0.0491. The number of rotatable bonds is 15. The van der Waals surface area contributed by atoms with Crippen molar-refractivity contribution in [3.05, 3.63) is 122 Å². The number of ether oxygens (including phenoxy) is 10. The highest BCUT2D eigenvalue weighted by molar-refractivity contribution is 6.13. The SMILES string of the molecule is C=CCOC(=O)O[C@H]1[C@H](OC(=O)c2cc([N+](=O)[O-])cc([N+](=O)[O-])c2)[C@@H](OC(=O)OCC=C)C(Oc2c3c(c(-c4ccc5c(c4)OCO5)c4cc(CO)c(CO)cc24)C(=O)OC3)O[C@@H]1C. The standard InChI is InChI=1S/C42H36N2O20/c1-4-8-55-41(49)63-34-20(3)60-40(37(64-42(50)56-9-5-2)36(34)61-38(47)22-10-25(43(51)52)15-26(11-22)44(53)54)62-35-28-13-24(17-46)23(16-45)12-27(28)32(33-29(35)18-57-39(33)48)21-6-7-30-31(14-21)59-19-58-30/h4-7,10-15,20,34,36-37,40,45-46H,1-2,8-9,16-19H2,3H3/t20-,34-,36+,37-,40?/m1/s1. The molecule has 0 aromatic heterocycles. The summed E-state index contributed by atoms with van der Waals surface area (Å²) >= 11 is 0. The van der Waals surface area contributed by atoms with Crippen molar-refractivity contribution in [2.75, 3.05) is 20.0 Å². The van der Waals surface area contributed by atoms with E-state index >= 15 is 0 Å². The molecule has 0 spiro atoms. The maximum Gasteiger partial charge on any atom is 0.509 e. The number of nitro benzene ring substituents is 2. The summed E-state index contributed by atoms with van der Waals surface area (Å²) in [5, 5.41) is 44.7. The highest BCUT2D eigenvalue weighted by atomic mass is 16.8. The highest BCUT2D eigenvalue weighted by Crippen LogP contribution is 2.48. The molecule has 1 unspecified atom stereocenters. The molecular formula is C42H36N2O20. The van der Waals surface area contributed by atoms with E-state index in [4.69, 9.17) is 47.4 Å². The lowest BCUT2D eigenvalue weighted by Gasteiger charge is -2.43. The first kappa shape index (κ1) is 44.2. The summed E-state index contributed by atoms with van der Waals surface area (Å²) < 4.78 is 56.4. The van der Waals surface area contributed by atoms with Crippen LogP contribution in [0.4, 0.5) is 21.0 Å². The molecule has 2 N–H and O–H groups in total. The van der Waals surface area contributed by atoms with E-state index in [1.807, 2.05) is 0 Å². The Hall–Kier alpha value is -7.82. The van der Waals surface area contributed by atoms with Crippen molar-refractivity contribution >= 4 is 46.4 Å². The van der Waals surface area contributed by atoms with Crippen LogP contribution in [-0.4, -0.2) is 95.0 Å². The molecule has 64 heavy (non-hydrogen) atoms. The van der Waals surface area contributed by atoms with Gasteiger partial charge >= 0.3 is 24.2 Å². The molecule has 1 fully saturated rings. The molecule has 5 atom stereocenters. The Labute approximate surface area is 360 Å². The average Bonchev–Trinajstić information content (AvgIpc) is 3.92. The van der Waals surface area contributed by atoms with Gasteiger partial charge in [-0.25, -0.2) is 19.2 Å². The summed E-state index contributed by atoms with van der Waals surface area (Å²) in [7, 11) is 0. The molecule has 4 aromatic rings. The number of fused-ring (bicyclic) bond motifs is 3. The lowest BCUT2D eigenvalue weighted by Crippen LogP contribution is -2.62. The van der Waals surface area contributed by atoms with Gasteiger partial charge in [-0.05, 0) is 53.3 Å². The zero-order chi connectivity index (χ0) is 45.8. The maximum atomic E-state index is 13.9. The number of non-ortho nitro benzene ring substituents is 2. The number of carbonyl (C=O) groups is 4. The number of cyclic esters (lactones) is 1. The minimum absolute atomic E-state index is 0.00939. The second kappa shape index (κ2) is 18.7. The monoisotopic (exact) mass is 888 g/mol. The average molecular weight is 889 g/mol. The number of hydrogen-bond donors (Lipinski definition) is 2. The Morgan fingerprint density at radius 1 is 0.781 bits per heavy atom. The second-order valence-corrected chi connectivity index (χ2v) is 14.0. The van der Waals surface area contributed by atoms with E-state index in [2.05, 4.69) is 13.2 Å². The number of aliphatic hydroxyl groups is 2. The number of carbonyl (C=O) groups excluding carboxylic acids is 4. The van der Waals surface area contributed by atoms with Crippen molar-refractivity contribution in [1.29, 1.82) is 0 Å². The molecule has 7 rings (SSSR count). The summed E-state index contributed by atoms with van der Waals surface area (Å²) in [6.07, 6.45) is -9.30. The molecule has 3 aliphatic rings. The number of esters is 2. The molecule has 0 bridgehead atoms. The third kappa shape index (κ3) is 8.77. The van der Waals surface area contributed by atoms with Gasteiger partial charge in [0.2, 0.25) is 19.2 Å². The Morgan fingerprint density at radius 2 is 1.39 bits per heavy atom. The van der Waals surface area contributed by atoms with E-state index in [0.717, 1.165) is 0 Å². The van der Waals surface area contributed by atoms with Crippen LogP contribution in [0.3, 0.4) is 0 Å². The van der Waals surface area contributed by atoms with Crippen LogP contribution in [0, 0.1) is 20.2 Å². The van der Waals surface area contributed by atoms with E-state index in [1.54, 1.807) is 18.2 Å². The van der Waals surface area contributed by atoms with Gasteiger partial charge in [0.05, 0.1) is 40.3 Å². The first-order chi connectivity index (χ1) is 30.8. The van der Waals surface area contributed by atoms with Crippen molar-refractivity contribution in [3.63, 3.8) is 0 Å². The van der Waals surface area contributed by atoms with E-state index < -0.39 is 95.0 Å². The van der Waals surface area contributed by atoms with Gasteiger partial charge in [-0.1, -0.05) is 31.4 Å². The molecule has 3 heterocycles. The van der Waals surface area contributed by atoms with Gasteiger partial charge in [0, 0.05) is 28.6 Å². The minimum atomic E-state index is -2.00. The molecular weight excluding hydrogens is 852 g/mol. The minimum Gasteiger partial charge on any atom is -0.460 e. The fourth-order valence-electron chi connectivity index (χ4n) is 7.27. The van der Waals surface area contributed by atoms with Crippen LogP contribution >= 0.6 is 0 Å². The molecule has 22 heteroatoms. The molecule has 0 saturated carbocycles. The van der Waals surface area contributed by atoms with Gasteiger partial charge in [-0.15, -0.1) is 0 Å². The first-order valence-electron chi connectivity index (χ1n) is 19.1. The fraction of sp³-hybridized carbons (Fsp3) is 0.286.